The lowest BCUT2D eigenvalue weighted by Crippen LogP contribution is -2.52. The van der Waals surface area contributed by atoms with Gasteiger partial charge in [-0.05, 0) is 50.8 Å². The lowest BCUT2D eigenvalue weighted by atomic mass is 9.93. The number of nitrogens with two attached hydrogens (primary N) is 1. The van der Waals surface area contributed by atoms with E-state index in [0.717, 1.165) is 31.4 Å². The fraction of sp³-hybridized carbons (Fsp3) is 0.562. The van der Waals surface area contributed by atoms with Crippen molar-refractivity contribution >= 4 is 18.3 Å². The van der Waals surface area contributed by atoms with E-state index in [1.165, 1.54) is 12.1 Å². The normalized spacial score (nSPS) is 21.3. The summed E-state index contributed by atoms with van der Waals surface area (Å²) >= 11 is 0. The summed E-state index contributed by atoms with van der Waals surface area (Å²) in [4.78, 5) is 14.6. The first kappa shape index (κ1) is 17.9. The van der Waals surface area contributed by atoms with Crippen LogP contribution in [-0.2, 0) is 4.79 Å². The van der Waals surface area contributed by atoms with E-state index in [4.69, 9.17) is 5.73 Å². The topological polar surface area (TPSA) is 46.3 Å². The predicted octanol–water partition coefficient (Wildman–Crippen LogP) is 3.08. The second-order valence-electron chi connectivity index (χ2n) is 5.73. The second-order valence-corrected chi connectivity index (χ2v) is 5.73. The quantitative estimate of drug-likeness (QED) is 0.932. The highest BCUT2D eigenvalue weighted by Crippen LogP contribution is 2.25. The smallest absolute Gasteiger partial charge is 0.230 e. The van der Waals surface area contributed by atoms with Crippen LogP contribution in [0, 0.1) is 5.82 Å². The summed E-state index contributed by atoms with van der Waals surface area (Å²) in [6, 6.07) is 6.36. The standard InChI is InChI=1S/C16H23FN2O.ClH/c1-11(13-6-5-7-14(17)10-13)16(20)19-9-4-3-8-15(19)12(2)18;/h5-7,10-12,15H,3-4,8-9,18H2,1-2H3;1H. The molecule has 1 aromatic carbocycles. The maximum absolute atomic E-state index is 13.3. The van der Waals surface area contributed by atoms with E-state index in [1.807, 2.05) is 18.7 Å². The SMILES string of the molecule is CC(C(=O)N1CCCCC1C(C)N)c1cccc(F)c1.Cl. The van der Waals surface area contributed by atoms with Gasteiger partial charge in [0.25, 0.3) is 0 Å². The Morgan fingerprint density at radius 2 is 2.10 bits per heavy atom. The number of benzene rings is 1. The van der Waals surface area contributed by atoms with Crippen molar-refractivity contribution in [3.05, 3.63) is 35.6 Å². The van der Waals surface area contributed by atoms with Crippen molar-refractivity contribution in [2.24, 2.45) is 5.73 Å². The molecule has 1 amide bonds. The van der Waals surface area contributed by atoms with Crippen molar-refractivity contribution in [3.63, 3.8) is 0 Å². The van der Waals surface area contributed by atoms with Crippen molar-refractivity contribution in [2.75, 3.05) is 6.54 Å². The predicted molar refractivity (Wildman–Crippen MR) is 85.1 cm³/mol. The van der Waals surface area contributed by atoms with Crippen LogP contribution in [0.1, 0.15) is 44.6 Å². The summed E-state index contributed by atoms with van der Waals surface area (Å²) in [7, 11) is 0. The van der Waals surface area contributed by atoms with Gasteiger partial charge in [-0.25, -0.2) is 4.39 Å². The Morgan fingerprint density at radius 3 is 2.71 bits per heavy atom. The number of amides is 1. The molecule has 5 heteroatoms. The van der Waals surface area contributed by atoms with E-state index in [-0.39, 0.29) is 42.1 Å². The van der Waals surface area contributed by atoms with E-state index in [0.29, 0.717) is 0 Å². The molecule has 118 valence electrons. The van der Waals surface area contributed by atoms with E-state index < -0.39 is 0 Å². The van der Waals surface area contributed by atoms with Crippen LogP contribution < -0.4 is 5.73 Å². The van der Waals surface area contributed by atoms with Gasteiger partial charge in [0.05, 0.1) is 5.92 Å². The van der Waals surface area contributed by atoms with Gasteiger partial charge in [0.1, 0.15) is 5.82 Å². The molecule has 2 N–H and O–H groups in total. The van der Waals surface area contributed by atoms with Gasteiger partial charge in [-0.1, -0.05) is 12.1 Å². The molecule has 1 fully saturated rings. The summed E-state index contributed by atoms with van der Waals surface area (Å²) in [6.07, 6.45) is 3.09. The third kappa shape index (κ3) is 4.17. The number of nitrogens with zero attached hydrogens (tertiary/aromatic N) is 1. The van der Waals surface area contributed by atoms with Crippen LogP contribution in [0.4, 0.5) is 4.39 Å². The Balaban J connectivity index is 0.00000220. The summed E-state index contributed by atoms with van der Waals surface area (Å²) in [6.45, 7) is 4.54. The highest BCUT2D eigenvalue weighted by atomic mass is 35.5. The van der Waals surface area contributed by atoms with Crippen LogP contribution in [0.25, 0.3) is 0 Å². The molecule has 3 atom stereocenters. The molecule has 1 aliphatic rings. The average Bonchev–Trinajstić information content (AvgIpc) is 2.45. The number of carbonyl (C=O) groups excluding carboxylic acids is 1. The summed E-state index contributed by atoms with van der Waals surface area (Å²) in [5.41, 5.74) is 6.73. The highest BCUT2D eigenvalue weighted by Gasteiger charge is 2.32. The third-order valence-electron chi connectivity index (χ3n) is 4.16. The Morgan fingerprint density at radius 1 is 1.38 bits per heavy atom. The number of halogens is 2. The lowest BCUT2D eigenvalue weighted by Gasteiger charge is -2.39. The van der Waals surface area contributed by atoms with Gasteiger partial charge in [0.2, 0.25) is 5.91 Å². The minimum atomic E-state index is -0.329. The fourth-order valence-corrected chi connectivity index (χ4v) is 2.94. The first-order valence-corrected chi connectivity index (χ1v) is 7.32. The molecule has 3 nitrogen and oxygen atoms in total. The van der Waals surface area contributed by atoms with E-state index in [1.54, 1.807) is 12.1 Å². The van der Waals surface area contributed by atoms with Crippen molar-refractivity contribution in [1.82, 2.24) is 4.90 Å². The first-order valence-electron chi connectivity index (χ1n) is 7.32. The molecule has 0 saturated carbocycles. The number of hydrogen-bond acceptors (Lipinski definition) is 2. The van der Waals surface area contributed by atoms with Crippen LogP contribution in [0.15, 0.2) is 24.3 Å². The van der Waals surface area contributed by atoms with Crippen LogP contribution in [0.2, 0.25) is 0 Å². The Labute approximate surface area is 132 Å². The molecule has 21 heavy (non-hydrogen) atoms. The molecule has 2 rings (SSSR count). The molecule has 0 radical (unpaired) electrons. The third-order valence-corrected chi connectivity index (χ3v) is 4.16. The maximum atomic E-state index is 13.3. The number of piperidine rings is 1. The van der Waals surface area contributed by atoms with Gasteiger partial charge in [0, 0.05) is 18.6 Å². The molecule has 1 saturated heterocycles. The van der Waals surface area contributed by atoms with Gasteiger partial charge in [-0.2, -0.15) is 0 Å². The Hall–Kier alpha value is -1.13. The van der Waals surface area contributed by atoms with E-state index in [2.05, 4.69) is 0 Å². The molecule has 0 spiro atoms. The van der Waals surface area contributed by atoms with E-state index in [9.17, 15) is 9.18 Å². The molecular formula is C16H24ClFN2O. The number of carbonyl (C=O) groups is 1. The average molecular weight is 315 g/mol. The zero-order valence-corrected chi connectivity index (χ0v) is 13.4. The molecule has 1 aromatic rings. The second kappa shape index (κ2) is 7.76. The Kier molecular flexibility index (Phi) is 6.62. The molecule has 0 aliphatic carbocycles. The van der Waals surface area contributed by atoms with Crippen molar-refractivity contribution in [1.29, 1.82) is 0 Å². The van der Waals surface area contributed by atoms with Crippen LogP contribution in [0.3, 0.4) is 0 Å². The first-order chi connectivity index (χ1) is 9.50. The maximum Gasteiger partial charge on any atom is 0.230 e. The molecule has 1 aliphatic heterocycles. The van der Waals surface area contributed by atoms with Gasteiger partial charge in [0.15, 0.2) is 0 Å². The fourth-order valence-electron chi connectivity index (χ4n) is 2.94. The van der Waals surface area contributed by atoms with Crippen molar-refractivity contribution in [2.45, 2.75) is 51.1 Å². The van der Waals surface area contributed by atoms with E-state index >= 15 is 0 Å². The molecule has 3 unspecified atom stereocenters. The molecule has 0 bridgehead atoms. The highest BCUT2D eigenvalue weighted by molar-refractivity contribution is 5.85. The molecular weight excluding hydrogens is 291 g/mol. The van der Waals surface area contributed by atoms with Gasteiger partial charge < -0.3 is 10.6 Å². The summed E-state index contributed by atoms with van der Waals surface area (Å²) in [5.74, 6) is -0.577. The van der Waals surface area contributed by atoms with Gasteiger partial charge >= 0.3 is 0 Å². The van der Waals surface area contributed by atoms with Crippen LogP contribution in [-0.4, -0.2) is 29.4 Å². The zero-order chi connectivity index (χ0) is 14.7. The van der Waals surface area contributed by atoms with Crippen molar-refractivity contribution in [3.8, 4) is 0 Å². The minimum Gasteiger partial charge on any atom is -0.338 e. The summed E-state index contributed by atoms with van der Waals surface area (Å²) in [5, 5.41) is 0. The minimum absolute atomic E-state index is 0. The van der Waals surface area contributed by atoms with Gasteiger partial charge in [-0.15, -0.1) is 12.4 Å². The Bertz CT molecular complexity index is 481. The summed E-state index contributed by atoms with van der Waals surface area (Å²) < 4.78 is 13.3. The van der Waals surface area contributed by atoms with Crippen LogP contribution >= 0.6 is 12.4 Å². The lowest BCUT2D eigenvalue weighted by molar-refractivity contribution is -0.136. The number of hydrogen-bond donors (Lipinski definition) is 1. The van der Waals surface area contributed by atoms with Gasteiger partial charge in [-0.3, -0.25) is 4.79 Å². The zero-order valence-electron chi connectivity index (χ0n) is 12.6. The van der Waals surface area contributed by atoms with Crippen molar-refractivity contribution < 1.29 is 9.18 Å². The molecule has 0 aromatic heterocycles. The number of rotatable bonds is 3. The van der Waals surface area contributed by atoms with Crippen LogP contribution in [0.5, 0.6) is 0 Å². The monoisotopic (exact) mass is 314 g/mol. The largest absolute Gasteiger partial charge is 0.338 e. The number of likely N-dealkylation sites (tertiary alicyclic amines) is 1. The molecule has 1 heterocycles.